The van der Waals surface area contributed by atoms with Gasteiger partial charge in [0.25, 0.3) is 0 Å². The number of anilines is 1. The summed E-state index contributed by atoms with van der Waals surface area (Å²) in [5.41, 5.74) is 0.710. The molecule has 0 spiro atoms. The van der Waals surface area contributed by atoms with E-state index in [-0.39, 0.29) is 18.2 Å². The van der Waals surface area contributed by atoms with Gasteiger partial charge in [-0.1, -0.05) is 17.7 Å². The molecule has 1 unspecified atom stereocenters. The lowest BCUT2D eigenvalue weighted by atomic mass is 10.2. The highest BCUT2D eigenvalue weighted by Gasteiger charge is 2.28. The average molecular weight is 367 g/mol. The van der Waals surface area contributed by atoms with Crippen molar-refractivity contribution < 1.29 is 9.59 Å². The highest BCUT2D eigenvalue weighted by molar-refractivity contribution is 8.01. The van der Waals surface area contributed by atoms with Gasteiger partial charge < -0.3 is 10.6 Å². The van der Waals surface area contributed by atoms with Crippen LogP contribution in [0.4, 0.5) is 5.69 Å². The number of thiophene rings is 1. The molecule has 1 aromatic carbocycles. The second kappa shape index (κ2) is 7.38. The third-order valence-electron chi connectivity index (χ3n) is 3.41. The summed E-state index contributed by atoms with van der Waals surface area (Å²) in [6, 6.07) is 9.41. The number of carbonyl (C=O) groups is 2. The Hall–Kier alpha value is -1.50. The van der Waals surface area contributed by atoms with Crippen LogP contribution in [0.25, 0.3) is 0 Å². The standard InChI is InChI=1S/C16H15ClN2O2S2/c17-10-3-4-13-12(8-10)19-16(21)14(23-13)9-15(20)18-6-5-11-2-1-7-22-11/h1-4,7-8,14H,5-6,9H2,(H,18,20)(H,19,21). The minimum atomic E-state index is -0.412. The maximum Gasteiger partial charge on any atom is 0.238 e. The third-order valence-corrected chi connectivity index (χ3v) is 5.85. The largest absolute Gasteiger partial charge is 0.356 e. The van der Waals surface area contributed by atoms with Crippen LogP contribution in [0.5, 0.6) is 0 Å². The molecule has 1 aliphatic heterocycles. The van der Waals surface area contributed by atoms with Gasteiger partial charge in [0.2, 0.25) is 11.8 Å². The molecule has 2 N–H and O–H groups in total. The van der Waals surface area contributed by atoms with E-state index < -0.39 is 5.25 Å². The Morgan fingerprint density at radius 2 is 2.22 bits per heavy atom. The van der Waals surface area contributed by atoms with Crippen molar-refractivity contribution in [2.45, 2.75) is 23.0 Å². The summed E-state index contributed by atoms with van der Waals surface area (Å²) < 4.78 is 0. The molecule has 2 amide bonds. The minimum absolute atomic E-state index is 0.105. The summed E-state index contributed by atoms with van der Waals surface area (Å²) in [6.45, 7) is 0.588. The number of fused-ring (bicyclic) bond motifs is 1. The highest BCUT2D eigenvalue weighted by Crippen LogP contribution is 2.38. The first-order chi connectivity index (χ1) is 11.1. The van der Waals surface area contributed by atoms with E-state index in [9.17, 15) is 9.59 Å². The van der Waals surface area contributed by atoms with Crippen molar-refractivity contribution in [3.63, 3.8) is 0 Å². The zero-order chi connectivity index (χ0) is 16.2. The molecule has 1 aromatic heterocycles. The van der Waals surface area contributed by atoms with Crippen molar-refractivity contribution >= 4 is 52.2 Å². The van der Waals surface area contributed by atoms with Crippen molar-refractivity contribution in [2.24, 2.45) is 0 Å². The quantitative estimate of drug-likeness (QED) is 0.850. The van der Waals surface area contributed by atoms with Crippen LogP contribution in [0.1, 0.15) is 11.3 Å². The smallest absolute Gasteiger partial charge is 0.238 e. The Labute approximate surface area is 147 Å². The van der Waals surface area contributed by atoms with Gasteiger partial charge in [0.05, 0.1) is 10.9 Å². The minimum Gasteiger partial charge on any atom is -0.356 e. The number of carbonyl (C=O) groups excluding carboxylic acids is 2. The Morgan fingerprint density at radius 1 is 1.35 bits per heavy atom. The summed E-state index contributed by atoms with van der Waals surface area (Å²) >= 11 is 9.00. The second-order valence-electron chi connectivity index (χ2n) is 5.12. The van der Waals surface area contributed by atoms with Gasteiger partial charge in [-0.15, -0.1) is 23.1 Å². The van der Waals surface area contributed by atoms with Crippen LogP contribution in [0, 0.1) is 0 Å². The van der Waals surface area contributed by atoms with Crippen LogP contribution in [-0.4, -0.2) is 23.6 Å². The molecule has 7 heteroatoms. The molecule has 0 aliphatic carbocycles. The topological polar surface area (TPSA) is 58.2 Å². The predicted octanol–water partition coefficient (Wildman–Crippen LogP) is 3.56. The number of halogens is 1. The third kappa shape index (κ3) is 4.28. The van der Waals surface area contributed by atoms with Gasteiger partial charge in [-0.2, -0.15) is 0 Å². The predicted molar refractivity (Wildman–Crippen MR) is 95.4 cm³/mol. The fourth-order valence-electron chi connectivity index (χ4n) is 2.28. The monoisotopic (exact) mass is 366 g/mol. The zero-order valence-corrected chi connectivity index (χ0v) is 14.6. The van der Waals surface area contributed by atoms with Gasteiger partial charge in [0.1, 0.15) is 0 Å². The molecule has 1 atom stereocenters. The lowest BCUT2D eigenvalue weighted by Crippen LogP contribution is -2.35. The summed E-state index contributed by atoms with van der Waals surface area (Å²) in [4.78, 5) is 26.3. The van der Waals surface area contributed by atoms with Crippen LogP contribution >= 0.6 is 34.7 Å². The summed E-state index contributed by atoms with van der Waals surface area (Å²) in [5, 5.41) is 7.87. The van der Waals surface area contributed by atoms with Gasteiger partial charge in [-0.05, 0) is 36.1 Å². The van der Waals surface area contributed by atoms with Crippen LogP contribution in [-0.2, 0) is 16.0 Å². The molecule has 2 aromatic rings. The highest BCUT2D eigenvalue weighted by atomic mass is 35.5. The first-order valence-corrected chi connectivity index (χ1v) is 9.32. The van der Waals surface area contributed by atoms with E-state index in [1.807, 2.05) is 23.6 Å². The van der Waals surface area contributed by atoms with Crippen molar-refractivity contribution in [3.8, 4) is 0 Å². The molecule has 23 heavy (non-hydrogen) atoms. The number of hydrogen-bond donors (Lipinski definition) is 2. The second-order valence-corrected chi connectivity index (χ2v) is 7.83. The van der Waals surface area contributed by atoms with Gasteiger partial charge in [0.15, 0.2) is 0 Å². The molecule has 0 radical (unpaired) electrons. The first-order valence-electron chi connectivity index (χ1n) is 7.18. The summed E-state index contributed by atoms with van der Waals surface area (Å²) in [6.07, 6.45) is 0.984. The molecule has 120 valence electrons. The van der Waals surface area contributed by atoms with E-state index in [0.717, 1.165) is 11.3 Å². The Bertz CT molecular complexity index is 719. The van der Waals surface area contributed by atoms with E-state index in [1.54, 1.807) is 23.5 Å². The molecule has 0 bridgehead atoms. The number of rotatable bonds is 5. The van der Waals surface area contributed by atoms with Crippen molar-refractivity contribution in [1.82, 2.24) is 5.32 Å². The fraction of sp³-hybridized carbons (Fsp3) is 0.250. The molecule has 0 saturated carbocycles. The molecule has 3 rings (SSSR count). The van der Waals surface area contributed by atoms with Gasteiger partial charge in [-0.3, -0.25) is 9.59 Å². The zero-order valence-electron chi connectivity index (χ0n) is 12.2. The van der Waals surface area contributed by atoms with E-state index >= 15 is 0 Å². The van der Waals surface area contributed by atoms with Crippen LogP contribution in [0.2, 0.25) is 5.02 Å². The molecular weight excluding hydrogens is 352 g/mol. The Balaban J connectivity index is 1.52. The average Bonchev–Trinajstić information content (AvgIpc) is 3.01. The first kappa shape index (κ1) is 16.4. The van der Waals surface area contributed by atoms with Gasteiger partial charge >= 0.3 is 0 Å². The molecular formula is C16H15ClN2O2S2. The van der Waals surface area contributed by atoms with Crippen molar-refractivity contribution in [1.29, 1.82) is 0 Å². The lowest BCUT2D eigenvalue weighted by Gasteiger charge is -2.23. The number of amides is 2. The van der Waals surface area contributed by atoms with Crippen molar-refractivity contribution in [3.05, 3.63) is 45.6 Å². The Morgan fingerprint density at radius 3 is 3.00 bits per heavy atom. The molecule has 1 aliphatic rings. The summed E-state index contributed by atoms with van der Waals surface area (Å²) in [7, 11) is 0. The summed E-state index contributed by atoms with van der Waals surface area (Å²) in [5.74, 6) is -0.259. The van der Waals surface area contributed by atoms with E-state index in [0.29, 0.717) is 17.3 Å². The van der Waals surface area contributed by atoms with Crippen LogP contribution in [0.3, 0.4) is 0 Å². The SMILES string of the molecule is O=C(CC1Sc2ccc(Cl)cc2NC1=O)NCCc1cccs1. The number of benzene rings is 1. The van der Waals surface area contributed by atoms with Gasteiger partial charge in [-0.25, -0.2) is 0 Å². The molecule has 0 saturated heterocycles. The lowest BCUT2D eigenvalue weighted by molar-refractivity contribution is -0.124. The van der Waals surface area contributed by atoms with E-state index in [1.165, 1.54) is 16.6 Å². The fourth-order valence-corrected chi connectivity index (χ4v) is 4.25. The maximum atomic E-state index is 12.1. The van der Waals surface area contributed by atoms with Crippen molar-refractivity contribution in [2.75, 3.05) is 11.9 Å². The normalized spacial score (nSPS) is 16.6. The Kier molecular flexibility index (Phi) is 5.25. The van der Waals surface area contributed by atoms with E-state index in [2.05, 4.69) is 10.6 Å². The van der Waals surface area contributed by atoms with Crippen LogP contribution < -0.4 is 10.6 Å². The van der Waals surface area contributed by atoms with Gasteiger partial charge in [0, 0.05) is 27.8 Å². The van der Waals surface area contributed by atoms with Crippen LogP contribution in [0.15, 0.2) is 40.6 Å². The van der Waals surface area contributed by atoms with E-state index in [4.69, 9.17) is 11.6 Å². The number of hydrogen-bond acceptors (Lipinski definition) is 4. The number of thioether (sulfide) groups is 1. The molecule has 2 heterocycles. The molecule has 0 fully saturated rings. The number of nitrogens with one attached hydrogen (secondary N) is 2. The maximum absolute atomic E-state index is 12.1. The molecule has 4 nitrogen and oxygen atoms in total.